The van der Waals surface area contributed by atoms with Crippen LogP contribution in [0.4, 0.5) is 0 Å². The Morgan fingerprint density at radius 1 is 1.25 bits per heavy atom. The summed E-state index contributed by atoms with van der Waals surface area (Å²) >= 11 is 0. The Labute approximate surface area is 123 Å². The van der Waals surface area contributed by atoms with Gasteiger partial charge in [-0.3, -0.25) is 4.79 Å². The van der Waals surface area contributed by atoms with Gasteiger partial charge < -0.3 is 4.90 Å². The van der Waals surface area contributed by atoms with Crippen molar-refractivity contribution >= 4 is 15.7 Å². The molecule has 0 aliphatic heterocycles. The second-order valence-electron chi connectivity index (χ2n) is 7.33. The van der Waals surface area contributed by atoms with E-state index in [0.717, 1.165) is 12.8 Å². The van der Waals surface area contributed by atoms with E-state index >= 15 is 0 Å². The lowest BCUT2D eigenvalue weighted by Crippen LogP contribution is -2.48. The molecule has 0 spiro atoms. The van der Waals surface area contributed by atoms with Crippen molar-refractivity contribution in [3.05, 3.63) is 0 Å². The Bertz CT molecular complexity index is 437. The molecule has 5 heteroatoms. The number of carbonyl (C=O) groups excluding carboxylic acids is 1. The third kappa shape index (κ3) is 5.81. The minimum Gasteiger partial charge on any atom is -0.337 e. The molecule has 1 amide bonds. The predicted octanol–water partition coefficient (Wildman–Crippen LogP) is 2.48. The first-order valence-corrected chi connectivity index (χ1v) is 9.53. The number of hydrogen-bond donors (Lipinski definition) is 0. The lowest BCUT2D eigenvalue weighted by molar-refractivity contribution is -0.136. The van der Waals surface area contributed by atoms with Gasteiger partial charge in [-0.2, -0.15) is 0 Å². The number of amides is 1. The maximum absolute atomic E-state index is 12.5. The highest BCUT2D eigenvalue weighted by Crippen LogP contribution is 2.33. The van der Waals surface area contributed by atoms with Crippen LogP contribution in [0.15, 0.2) is 0 Å². The molecule has 0 bridgehead atoms. The average Bonchev–Trinajstić information content (AvgIpc) is 2.60. The van der Waals surface area contributed by atoms with Gasteiger partial charge in [-0.15, -0.1) is 0 Å². The van der Waals surface area contributed by atoms with E-state index < -0.39 is 9.84 Å². The smallest absolute Gasteiger partial charge is 0.223 e. The fraction of sp³-hybridized carbons (Fsp3) is 0.933. The van der Waals surface area contributed by atoms with E-state index in [0.29, 0.717) is 24.8 Å². The van der Waals surface area contributed by atoms with Crippen molar-refractivity contribution in [2.75, 3.05) is 18.6 Å². The van der Waals surface area contributed by atoms with Gasteiger partial charge in [0.1, 0.15) is 9.84 Å². The standard InChI is InChI=1S/C15H29NO3S/c1-12-6-7-13(10-12)11-14(17)16(15(2,3)4)8-9-20(5,18)19/h12-13H,6-11H2,1-5H3. The van der Waals surface area contributed by atoms with Crippen LogP contribution in [0.2, 0.25) is 0 Å². The molecule has 0 aromatic carbocycles. The zero-order valence-electron chi connectivity index (χ0n) is 13.5. The van der Waals surface area contributed by atoms with Crippen LogP contribution in [-0.4, -0.2) is 43.3 Å². The van der Waals surface area contributed by atoms with Crippen LogP contribution in [0.1, 0.15) is 53.4 Å². The van der Waals surface area contributed by atoms with Crippen molar-refractivity contribution in [3.8, 4) is 0 Å². The van der Waals surface area contributed by atoms with Crippen LogP contribution in [0, 0.1) is 11.8 Å². The van der Waals surface area contributed by atoms with Gasteiger partial charge in [-0.25, -0.2) is 8.42 Å². The van der Waals surface area contributed by atoms with Crippen molar-refractivity contribution < 1.29 is 13.2 Å². The number of hydrogen-bond acceptors (Lipinski definition) is 3. The SMILES string of the molecule is CC1CCC(CC(=O)N(CCS(C)(=O)=O)C(C)(C)C)C1. The summed E-state index contributed by atoms with van der Waals surface area (Å²) in [6.45, 7) is 8.42. The van der Waals surface area contributed by atoms with E-state index in [-0.39, 0.29) is 17.2 Å². The summed E-state index contributed by atoms with van der Waals surface area (Å²) in [5, 5.41) is 0. The lowest BCUT2D eigenvalue weighted by atomic mass is 9.99. The van der Waals surface area contributed by atoms with E-state index in [1.807, 2.05) is 20.8 Å². The molecule has 0 aromatic rings. The summed E-state index contributed by atoms with van der Waals surface area (Å²) in [5.41, 5.74) is -0.327. The van der Waals surface area contributed by atoms with Gasteiger partial charge in [-0.1, -0.05) is 13.3 Å². The van der Waals surface area contributed by atoms with Crippen LogP contribution in [0.5, 0.6) is 0 Å². The number of carbonyl (C=O) groups is 1. The van der Waals surface area contributed by atoms with Crippen LogP contribution >= 0.6 is 0 Å². The summed E-state index contributed by atoms with van der Waals surface area (Å²) < 4.78 is 22.7. The number of rotatable bonds is 5. The Morgan fingerprint density at radius 3 is 2.25 bits per heavy atom. The molecule has 0 radical (unpaired) electrons. The lowest BCUT2D eigenvalue weighted by Gasteiger charge is -2.36. The largest absolute Gasteiger partial charge is 0.337 e. The molecule has 1 aliphatic carbocycles. The number of sulfone groups is 1. The highest BCUT2D eigenvalue weighted by atomic mass is 32.2. The molecule has 0 heterocycles. The fourth-order valence-corrected chi connectivity index (χ4v) is 3.47. The van der Waals surface area contributed by atoms with Crippen LogP contribution in [-0.2, 0) is 14.6 Å². The maximum Gasteiger partial charge on any atom is 0.223 e. The summed E-state index contributed by atoms with van der Waals surface area (Å²) in [4.78, 5) is 14.2. The topological polar surface area (TPSA) is 54.5 Å². The molecule has 1 aliphatic rings. The van der Waals surface area contributed by atoms with Crippen LogP contribution in [0.3, 0.4) is 0 Å². The highest BCUT2D eigenvalue weighted by molar-refractivity contribution is 7.90. The van der Waals surface area contributed by atoms with Gasteiger partial charge >= 0.3 is 0 Å². The van der Waals surface area contributed by atoms with Gasteiger partial charge in [0.25, 0.3) is 0 Å². The minimum absolute atomic E-state index is 0.0388. The van der Waals surface area contributed by atoms with E-state index in [2.05, 4.69) is 6.92 Å². The Hall–Kier alpha value is -0.580. The molecule has 1 saturated carbocycles. The maximum atomic E-state index is 12.5. The number of nitrogens with zero attached hydrogens (tertiary/aromatic N) is 1. The first kappa shape index (κ1) is 17.5. The highest BCUT2D eigenvalue weighted by Gasteiger charge is 2.30. The van der Waals surface area contributed by atoms with Gasteiger partial charge in [0.2, 0.25) is 5.91 Å². The molecule has 0 saturated heterocycles. The minimum atomic E-state index is -3.04. The molecule has 0 aromatic heterocycles. The molecule has 1 rings (SSSR count). The molecule has 4 nitrogen and oxygen atoms in total. The first-order chi connectivity index (χ1) is 8.99. The fourth-order valence-electron chi connectivity index (χ4n) is 2.96. The van der Waals surface area contributed by atoms with E-state index in [1.54, 1.807) is 4.90 Å². The van der Waals surface area contributed by atoms with Gasteiger partial charge in [0.05, 0.1) is 5.75 Å². The molecule has 1 fully saturated rings. The molecular formula is C15H29NO3S. The quantitative estimate of drug-likeness (QED) is 0.784. The van der Waals surface area contributed by atoms with Crippen molar-refractivity contribution in [1.82, 2.24) is 4.90 Å². The molecule has 2 atom stereocenters. The van der Waals surface area contributed by atoms with Crippen LogP contribution < -0.4 is 0 Å². The summed E-state index contributed by atoms with van der Waals surface area (Å²) in [7, 11) is -3.04. The molecule has 0 N–H and O–H groups in total. The normalized spacial score (nSPS) is 23.9. The van der Waals surface area contributed by atoms with Crippen molar-refractivity contribution in [2.24, 2.45) is 11.8 Å². The zero-order valence-corrected chi connectivity index (χ0v) is 14.3. The molecule has 20 heavy (non-hydrogen) atoms. The van der Waals surface area contributed by atoms with E-state index in [9.17, 15) is 13.2 Å². The van der Waals surface area contributed by atoms with E-state index in [1.165, 1.54) is 12.7 Å². The third-order valence-corrected chi connectivity index (χ3v) is 4.99. The zero-order chi connectivity index (χ0) is 15.6. The Kier molecular flexibility index (Phi) is 5.64. The average molecular weight is 303 g/mol. The molecule has 118 valence electrons. The third-order valence-electron chi connectivity index (χ3n) is 4.06. The molecular weight excluding hydrogens is 274 g/mol. The second kappa shape index (κ2) is 6.46. The first-order valence-electron chi connectivity index (χ1n) is 7.47. The van der Waals surface area contributed by atoms with Crippen molar-refractivity contribution in [3.63, 3.8) is 0 Å². The molecule has 2 unspecified atom stereocenters. The van der Waals surface area contributed by atoms with Crippen molar-refractivity contribution in [1.29, 1.82) is 0 Å². The predicted molar refractivity (Wildman–Crippen MR) is 82.3 cm³/mol. The van der Waals surface area contributed by atoms with Gasteiger partial charge in [-0.05, 0) is 45.4 Å². The van der Waals surface area contributed by atoms with Gasteiger partial charge in [0.15, 0.2) is 0 Å². The second-order valence-corrected chi connectivity index (χ2v) is 9.59. The van der Waals surface area contributed by atoms with Gasteiger partial charge in [0, 0.05) is 24.8 Å². The summed E-state index contributed by atoms with van der Waals surface area (Å²) in [6, 6.07) is 0. The Morgan fingerprint density at radius 2 is 1.85 bits per heavy atom. The summed E-state index contributed by atoms with van der Waals surface area (Å²) in [5.74, 6) is 1.32. The van der Waals surface area contributed by atoms with Crippen LogP contribution in [0.25, 0.3) is 0 Å². The monoisotopic (exact) mass is 303 g/mol. The summed E-state index contributed by atoms with van der Waals surface area (Å²) in [6.07, 6.45) is 5.23. The van der Waals surface area contributed by atoms with Crippen molar-refractivity contribution in [2.45, 2.75) is 58.9 Å². The van der Waals surface area contributed by atoms with E-state index in [4.69, 9.17) is 0 Å². The Balaban J connectivity index is 2.65.